The number of benzene rings is 1. The van der Waals surface area contributed by atoms with Crippen LogP contribution in [0, 0.1) is 5.92 Å². The van der Waals surface area contributed by atoms with Gasteiger partial charge in [0.05, 0.1) is 0 Å². The number of hydrogen-bond acceptors (Lipinski definition) is 5. The normalized spacial score (nSPS) is 14.0. The van der Waals surface area contributed by atoms with Gasteiger partial charge in [0.25, 0.3) is 0 Å². The van der Waals surface area contributed by atoms with Crippen molar-refractivity contribution in [2.75, 3.05) is 19.6 Å². The Kier molecular flexibility index (Phi) is 5.70. The second kappa shape index (κ2) is 7.53. The smallest absolute Gasteiger partial charge is 0.243 e. The maximum atomic E-state index is 11.8. The molecule has 1 aliphatic rings. The molecule has 0 aliphatic carbocycles. The van der Waals surface area contributed by atoms with Crippen molar-refractivity contribution in [3.05, 3.63) is 29.3 Å². The van der Waals surface area contributed by atoms with Gasteiger partial charge >= 0.3 is 0 Å². The summed E-state index contributed by atoms with van der Waals surface area (Å²) in [6.07, 6.45) is 0. The van der Waals surface area contributed by atoms with Crippen LogP contribution in [0.1, 0.15) is 0 Å². The van der Waals surface area contributed by atoms with Gasteiger partial charge in [0.1, 0.15) is 6.54 Å². The van der Waals surface area contributed by atoms with Crippen molar-refractivity contribution in [3.63, 3.8) is 0 Å². The van der Waals surface area contributed by atoms with Crippen LogP contribution in [0.2, 0.25) is 5.02 Å². The largest absolute Gasteiger partial charge is 0.354 e. The van der Waals surface area contributed by atoms with Crippen molar-refractivity contribution in [2.45, 2.75) is 6.54 Å². The molecule has 9 heteroatoms. The predicted molar refractivity (Wildman–Crippen MR) is 84.9 cm³/mol. The quantitative estimate of drug-likeness (QED) is 0.837. The minimum atomic E-state index is -0.109. The third-order valence-corrected chi connectivity index (χ3v) is 3.55. The Morgan fingerprint density at radius 3 is 2.73 bits per heavy atom. The maximum Gasteiger partial charge on any atom is 0.243 e. The maximum absolute atomic E-state index is 11.8. The minimum Gasteiger partial charge on any atom is -0.354 e. The fraction of sp³-hybridized carbons (Fsp3) is 0.385. The van der Waals surface area contributed by atoms with Crippen LogP contribution < -0.4 is 10.6 Å². The molecule has 2 heterocycles. The highest BCUT2D eigenvalue weighted by Crippen LogP contribution is 2.16. The van der Waals surface area contributed by atoms with Crippen LogP contribution in [0.5, 0.6) is 0 Å². The van der Waals surface area contributed by atoms with E-state index >= 15 is 0 Å². The van der Waals surface area contributed by atoms with E-state index in [0.717, 1.165) is 18.7 Å². The number of rotatable bonds is 5. The predicted octanol–water partition coefficient (Wildman–Crippen LogP) is 0.751. The van der Waals surface area contributed by atoms with Gasteiger partial charge in [0.2, 0.25) is 11.7 Å². The van der Waals surface area contributed by atoms with Crippen LogP contribution in [0.15, 0.2) is 24.3 Å². The summed E-state index contributed by atoms with van der Waals surface area (Å²) in [6.45, 7) is 2.68. The van der Waals surface area contributed by atoms with Crippen molar-refractivity contribution in [3.8, 4) is 11.4 Å². The van der Waals surface area contributed by atoms with Crippen LogP contribution >= 0.6 is 24.0 Å². The summed E-state index contributed by atoms with van der Waals surface area (Å²) in [6, 6.07) is 7.15. The molecule has 1 fully saturated rings. The van der Waals surface area contributed by atoms with Gasteiger partial charge < -0.3 is 10.6 Å². The zero-order valence-electron chi connectivity index (χ0n) is 11.7. The zero-order valence-corrected chi connectivity index (χ0v) is 13.3. The van der Waals surface area contributed by atoms with Gasteiger partial charge in [0, 0.05) is 36.1 Å². The molecule has 1 aromatic carbocycles. The van der Waals surface area contributed by atoms with Crippen LogP contribution in [0.4, 0.5) is 0 Å². The summed E-state index contributed by atoms with van der Waals surface area (Å²) >= 11 is 5.83. The highest BCUT2D eigenvalue weighted by Gasteiger charge is 2.17. The van der Waals surface area contributed by atoms with Crippen molar-refractivity contribution in [1.82, 2.24) is 30.8 Å². The fourth-order valence-corrected chi connectivity index (χ4v) is 2.09. The van der Waals surface area contributed by atoms with Crippen LogP contribution in [0.3, 0.4) is 0 Å². The lowest BCUT2D eigenvalue weighted by Gasteiger charge is -2.26. The molecule has 1 aliphatic heterocycles. The Balaban J connectivity index is 0.00000176. The molecule has 1 saturated heterocycles. The van der Waals surface area contributed by atoms with E-state index in [-0.39, 0.29) is 24.9 Å². The first-order valence-corrected chi connectivity index (χ1v) is 7.09. The number of aromatic nitrogens is 4. The van der Waals surface area contributed by atoms with Gasteiger partial charge in [-0.2, -0.15) is 4.80 Å². The SMILES string of the molecule is Cl.O=C(Cn1nnc(-c2ccc(Cl)cc2)n1)NCC1CNC1. The lowest BCUT2D eigenvalue weighted by molar-refractivity contribution is -0.122. The molecule has 22 heavy (non-hydrogen) atoms. The number of carbonyl (C=O) groups excluding carboxylic acids is 1. The summed E-state index contributed by atoms with van der Waals surface area (Å²) in [5, 5.41) is 18.7. The summed E-state index contributed by atoms with van der Waals surface area (Å²) in [5.74, 6) is 0.895. The average molecular weight is 343 g/mol. The Hall–Kier alpha value is -1.70. The van der Waals surface area contributed by atoms with Crippen molar-refractivity contribution in [1.29, 1.82) is 0 Å². The van der Waals surface area contributed by atoms with E-state index in [0.29, 0.717) is 23.3 Å². The Bertz CT molecular complexity index is 626. The summed E-state index contributed by atoms with van der Waals surface area (Å²) in [5.41, 5.74) is 0.812. The van der Waals surface area contributed by atoms with Gasteiger partial charge in [-0.05, 0) is 29.5 Å². The minimum absolute atomic E-state index is 0. The van der Waals surface area contributed by atoms with E-state index in [1.165, 1.54) is 4.80 Å². The summed E-state index contributed by atoms with van der Waals surface area (Å²) < 4.78 is 0. The number of halogens is 2. The fourth-order valence-electron chi connectivity index (χ4n) is 1.96. The lowest BCUT2D eigenvalue weighted by Crippen LogP contribution is -2.48. The van der Waals surface area contributed by atoms with E-state index in [9.17, 15) is 4.79 Å². The molecule has 1 aromatic heterocycles. The number of nitrogens with one attached hydrogen (secondary N) is 2. The summed E-state index contributed by atoms with van der Waals surface area (Å²) in [4.78, 5) is 13.1. The molecule has 1 amide bonds. The number of amides is 1. The number of nitrogens with zero attached hydrogens (tertiary/aromatic N) is 4. The van der Waals surface area contributed by atoms with Crippen LogP contribution in [-0.2, 0) is 11.3 Å². The molecule has 0 unspecified atom stereocenters. The molecule has 3 rings (SSSR count). The Labute approximate surface area is 138 Å². The first-order chi connectivity index (χ1) is 10.2. The number of carbonyl (C=O) groups is 1. The van der Waals surface area contributed by atoms with Crippen molar-refractivity contribution >= 4 is 29.9 Å². The second-order valence-corrected chi connectivity index (χ2v) is 5.42. The molecule has 2 N–H and O–H groups in total. The first-order valence-electron chi connectivity index (χ1n) is 6.72. The molecule has 0 radical (unpaired) electrons. The molecule has 2 aromatic rings. The topological polar surface area (TPSA) is 84.7 Å². The van der Waals surface area contributed by atoms with Crippen LogP contribution in [0.25, 0.3) is 11.4 Å². The summed E-state index contributed by atoms with van der Waals surface area (Å²) in [7, 11) is 0. The average Bonchev–Trinajstić information content (AvgIpc) is 2.86. The van der Waals surface area contributed by atoms with E-state index in [2.05, 4.69) is 26.0 Å². The first kappa shape index (κ1) is 16.7. The third kappa shape index (κ3) is 4.16. The zero-order chi connectivity index (χ0) is 14.7. The van der Waals surface area contributed by atoms with Crippen molar-refractivity contribution < 1.29 is 4.79 Å². The lowest BCUT2D eigenvalue weighted by atomic mass is 10.0. The number of tetrazole rings is 1. The van der Waals surface area contributed by atoms with Crippen LogP contribution in [-0.4, -0.2) is 45.7 Å². The molecular formula is C13H16Cl2N6O. The van der Waals surface area contributed by atoms with Crippen molar-refractivity contribution in [2.24, 2.45) is 5.92 Å². The van der Waals surface area contributed by atoms with E-state index in [4.69, 9.17) is 11.6 Å². The highest BCUT2D eigenvalue weighted by atomic mass is 35.5. The monoisotopic (exact) mass is 342 g/mol. The molecule has 0 atom stereocenters. The Morgan fingerprint density at radius 2 is 2.09 bits per heavy atom. The number of hydrogen-bond donors (Lipinski definition) is 2. The molecule has 0 spiro atoms. The standard InChI is InChI=1S/C13H15ClN6O.ClH/c14-11-3-1-10(2-4-11)13-17-19-20(18-13)8-12(21)16-7-9-5-15-6-9;/h1-4,9,15H,5-8H2,(H,16,21);1H. The second-order valence-electron chi connectivity index (χ2n) is 4.98. The van der Waals surface area contributed by atoms with E-state index in [1.54, 1.807) is 12.1 Å². The van der Waals surface area contributed by atoms with Gasteiger partial charge in [-0.25, -0.2) is 0 Å². The van der Waals surface area contributed by atoms with Gasteiger partial charge in [-0.1, -0.05) is 11.6 Å². The molecule has 0 saturated carbocycles. The van der Waals surface area contributed by atoms with E-state index < -0.39 is 0 Å². The molecule has 7 nitrogen and oxygen atoms in total. The highest BCUT2D eigenvalue weighted by molar-refractivity contribution is 6.30. The van der Waals surface area contributed by atoms with Gasteiger partial charge in [-0.3, -0.25) is 4.79 Å². The molecule has 118 valence electrons. The Morgan fingerprint density at radius 1 is 1.36 bits per heavy atom. The van der Waals surface area contributed by atoms with Gasteiger partial charge in [-0.15, -0.1) is 22.6 Å². The molecule has 0 bridgehead atoms. The molecular weight excluding hydrogens is 327 g/mol. The third-order valence-electron chi connectivity index (χ3n) is 3.29. The van der Waals surface area contributed by atoms with E-state index in [1.807, 2.05) is 12.1 Å². The van der Waals surface area contributed by atoms with Gasteiger partial charge in [0.15, 0.2) is 0 Å².